The van der Waals surface area contributed by atoms with Gasteiger partial charge in [0, 0.05) is 16.2 Å². The molecule has 0 aromatic heterocycles. The fourth-order valence-corrected chi connectivity index (χ4v) is 1.95. The van der Waals surface area contributed by atoms with Crippen molar-refractivity contribution < 1.29 is 12.8 Å². The van der Waals surface area contributed by atoms with Gasteiger partial charge in [-0.3, -0.25) is 0 Å². The van der Waals surface area contributed by atoms with Crippen molar-refractivity contribution in [1.82, 2.24) is 0 Å². The average molecular weight is 234 g/mol. The van der Waals surface area contributed by atoms with Crippen LogP contribution in [-0.2, 0) is 14.8 Å². The Bertz CT molecular complexity index is 493. The van der Waals surface area contributed by atoms with Gasteiger partial charge in [-0.05, 0) is 12.1 Å². The summed E-state index contributed by atoms with van der Waals surface area (Å²) >= 11 is 0. The molecule has 74 valence electrons. The van der Waals surface area contributed by atoms with Crippen LogP contribution in [0.3, 0.4) is 0 Å². The molecule has 0 bridgehead atoms. The molecule has 0 unspecified atom stereocenters. The molecule has 0 saturated carbocycles. The molecule has 0 saturated heterocycles. The molecule has 0 radical (unpaired) electrons. The van der Waals surface area contributed by atoms with Gasteiger partial charge in [0.05, 0.1) is 17.4 Å². The van der Waals surface area contributed by atoms with Crippen molar-refractivity contribution in [1.29, 1.82) is 5.26 Å². The number of benzene rings is 1. The summed E-state index contributed by atoms with van der Waals surface area (Å²) in [5.74, 6) is -1.42. The number of hydrogen-bond acceptors (Lipinski definition) is 3. The lowest BCUT2D eigenvalue weighted by molar-refractivity contribution is 0.597. The SMILES string of the molecule is N#Cc1cccc(F)c1CS(=O)(=O)Cl. The molecule has 6 heteroatoms. The van der Waals surface area contributed by atoms with E-state index in [1.54, 1.807) is 6.07 Å². The molecule has 1 rings (SSSR count). The monoisotopic (exact) mass is 233 g/mol. The first kappa shape index (κ1) is 11.0. The van der Waals surface area contributed by atoms with Gasteiger partial charge in [-0.15, -0.1) is 0 Å². The number of nitriles is 1. The molecule has 0 aliphatic rings. The summed E-state index contributed by atoms with van der Waals surface area (Å²) in [4.78, 5) is 0. The standard InChI is InChI=1S/C8H5ClFNO2S/c9-14(12,13)5-7-6(4-11)2-1-3-8(7)10/h1-3H,5H2. The van der Waals surface area contributed by atoms with Gasteiger partial charge in [-0.25, -0.2) is 12.8 Å². The maximum atomic E-state index is 13.1. The van der Waals surface area contributed by atoms with Crippen LogP contribution in [0, 0.1) is 17.1 Å². The predicted octanol–water partition coefficient (Wildman–Crippen LogP) is 1.77. The highest BCUT2D eigenvalue weighted by molar-refractivity contribution is 8.13. The van der Waals surface area contributed by atoms with Gasteiger partial charge in [0.1, 0.15) is 5.82 Å². The molecule has 0 aliphatic carbocycles. The Morgan fingerprint density at radius 3 is 2.64 bits per heavy atom. The van der Waals surface area contributed by atoms with E-state index in [1.807, 2.05) is 0 Å². The van der Waals surface area contributed by atoms with Crippen LogP contribution >= 0.6 is 10.7 Å². The van der Waals surface area contributed by atoms with Crippen LogP contribution in [0.2, 0.25) is 0 Å². The van der Waals surface area contributed by atoms with Crippen LogP contribution in [0.15, 0.2) is 18.2 Å². The Balaban J connectivity index is 3.27. The zero-order chi connectivity index (χ0) is 10.8. The first-order valence-electron chi connectivity index (χ1n) is 3.54. The normalized spacial score (nSPS) is 10.9. The minimum atomic E-state index is -3.85. The van der Waals surface area contributed by atoms with Gasteiger partial charge in [-0.2, -0.15) is 5.26 Å². The maximum Gasteiger partial charge on any atom is 0.236 e. The van der Waals surface area contributed by atoms with E-state index in [9.17, 15) is 12.8 Å². The van der Waals surface area contributed by atoms with E-state index in [4.69, 9.17) is 15.9 Å². The van der Waals surface area contributed by atoms with Crippen LogP contribution in [-0.4, -0.2) is 8.42 Å². The summed E-state index contributed by atoms with van der Waals surface area (Å²) in [6.07, 6.45) is 0. The number of halogens is 2. The largest absolute Gasteiger partial charge is 0.236 e. The first-order chi connectivity index (χ1) is 6.44. The quantitative estimate of drug-likeness (QED) is 0.732. The first-order valence-corrected chi connectivity index (χ1v) is 6.01. The summed E-state index contributed by atoms with van der Waals surface area (Å²) in [6.45, 7) is 0. The van der Waals surface area contributed by atoms with Crippen molar-refractivity contribution in [3.8, 4) is 6.07 Å². The Labute approximate surface area is 85.2 Å². The molecule has 0 spiro atoms. The summed E-state index contributed by atoms with van der Waals surface area (Å²) in [5, 5.41) is 8.59. The molecule has 0 N–H and O–H groups in total. The van der Waals surface area contributed by atoms with Crippen molar-refractivity contribution in [2.75, 3.05) is 0 Å². The fraction of sp³-hybridized carbons (Fsp3) is 0.125. The summed E-state index contributed by atoms with van der Waals surface area (Å²) in [7, 11) is 1.11. The van der Waals surface area contributed by atoms with Crippen molar-refractivity contribution in [2.45, 2.75) is 5.75 Å². The number of nitrogens with zero attached hydrogens (tertiary/aromatic N) is 1. The van der Waals surface area contributed by atoms with E-state index >= 15 is 0 Å². The van der Waals surface area contributed by atoms with Crippen molar-refractivity contribution in [3.05, 3.63) is 35.1 Å². The molecule has 0 aliphatic heterocycles. The van der Waals surface area contributed by atoms with Gasteiger partial charge >= 0.3 is 0 Å². The Hall–Kier alpha value is -1.12. The minimum absolute atomic E-state index is 0.0192. The lowest BCUT2D eigenvalue weighted by atomic mass is 10.1. The highest BCUT2D eigenvalue weighted by atomic mass is 35.7. The number of rotatable bonds is 2. The second kappa shape index (κ2) is 3.95. The van der Waals surface area contributed by atoms with E-state index in [0.717, 1.165) is 6.07 Å². The molecule has 0 amide bonds. The number of hydrogen-bond donors (Lipinski definition) is 0. The van der Waals surface area contributed by atoms with E-state index in [-0.39, 0.29) is 11.1 Å². The third kappa shape index (κ3) is 2.69. The van der Waals surface area contributed by atoms with E-state index < -0.39 is 20.6 Å². The van der Waals surface area contributed by atoms with Crippen LogP contribution in [0.25, 0.3) is 0 Å². The van der Waals surface area contributed by atoms with Crippen molar-refractivity contribution >= 4 is 19.7 Å². The second-order valence-electron chi connectivity index (χ2n) is 2.56. The van der Waals surface area contributed by atoms with Crippen LogP contribution in [0.4, 0.5) is 4.39 Å². The lowest BCUT2D eigenvalue weighted by Gasteiger charge is -2.01. The molecule has 3 nitrogen and oxygen atoms in total. The molecule has 0 fully saturated rings. The molecular weight excluding hydrogens is 229 g/mol. The molecular formula is C8H5ClFNO2S. The van der Waals surface area contributed by atoms with Gasteiger partial charge < -0.3 is 0 Å². The highest BCUT2D eigenvalue weighted by Crippen LogP contribution is 2.17. The van der Waals surface area contributed by atoms with Crippen LogP contribution < -0.4 is 0 Å². The third-order valence-corrected chi connectivity index (χ3v) is 2.52. The summed E-state index contributed by atoms with van der Waals surface area (Å²) in [6, 6.07) is 5.44. The smallest absolute Gasteiger partial charge is 0.212 e. The Kier molecular flexibility index (Phi) is 3.09. The molecule has 1 aromatic carbocycles. The fourth-order valence-electron chi connectivity index (χ4n) is 0.983. The molecule has 14 heavy (non-hydrogen) atoms. The molecule has 1 aromatic rings. The second-order valence-corrected chi connectivity index (χ2v) is 5.34. The lowest BCUT2D eigenvalue weighted by Crippen LogP contribution is -2.01. The van der Waals surface area contributed by atoms with Gasteiger partial charge in [0.2, 0.25) is 9.05 Å². The highest BCUT2D eigenvalue weighted by Gasteiger charge is 2.15. The average Bonchev–Trinajstić information content (AvgIpc) is 2.06. The van der Waals surface area contributed by atoms with Crippen molar-refractivity contribution in [3.63, 3.8) is 0 Å². The Morgan fingerprint density at radius 1 is 1.50 bits per heavy atom. The topological polar surface area (TPSA) is 57.9 Å². The zero-order valence-corrected chi connectivity index (χ0v) is 8.44. The van der Waals surface area contributed by atoms with E-state index in [2.05, 4.69) is 0 Å². The van der Waals surface area contributed by atoms with E-state index in [1.165, 1.54) is 12.1 Å². The third-order valence-electron chi connectivity index (χ3n) is 1.56. The predicted molar refractivity (Wildman–Crippen MR) is 49.6 cm³/mol. The summed E-state index contributed by atoms with van der Waals surface area (Å²) < 4.78 is 34.5. The van der Waals surface area contributed by atoms with Crippen LogP contribution in [0.5, 0.6) is 0 Å². The van der Waals surface area contributed by atoms with Gasteiger partial charge in [-0.1, -0.05) is 6.07 Å². The summed E-state index contributed by atoms with van der Waals surface area (Å²) in [5.41, 5.74) is -0.209. The van der Waals surface area contributed by atoms with Crippen LogP contribution in [0.1, 0.15) is 11.1 Å². The maximum absolute atomic E-state index is 13.1. The zero-order valence-electron chi connectivity index (χ0n) is 6.87. The Morgan fingerprint density at radius 2 is 2.14 bits per heavy atom. The molecule has 0 atom stereocenters. The van der Waals surface area contributed by atoms with Gasteiger partial charge in [0.25, 0.3) is 0 Å². The van der Waals surface area contributed by atoms with Gasteiger partial charge in [0.15, 0.2) is 0 Å². The minimum Gasteiger partial charge on any atom is -0.212 e. The van der Waals surface area contributed by atoms with Crippen molar-refractivity contribution in [2.24, 2.45) is 0 Å². The van der Waals surface area contributed by atoms with E-state index in [0.29, 0.717) is 0 Å². The molecule has 0 heterocycles.